The molecule has 0 N–H and O–H groups in total. The molecule has 0 aromatic heterocycles. The highest BCUT2D eigenvalue weighted by Gasteiger charge is 1.96. The van der Waals surface area contributed by atoms with Gasteiger partial charge in [-0.1, -0.05) is 0 Å². The first-order valence-electron chi connectivity index (χ1n) is 3.73. The number of carbonyl (C=O) groups is 1. The zero-order chi connectivity index (χ0) is 11.7. The Hall–Kier alpha value is -0.780. The molecule has 0 spiro atoms. The summed E-state index contributed by atoms with van der Waals surface area (Å²) in [5.41, 5.74) is 0.444. The van der Waals surface area contributed by atoms with Gasteiger partial charge in [0.1, 0.15) is 11.5 Å². The van der Waals surface area contributed by atoms with E-state index in [9.17, 15) is 0 Å². The molecule has 0 bridgehead atoms. The summed E-state index contributed by atoms with van der Waals surface area (Å²) in [6, 6.07) is 7.00. The van der Waals surface area contributed by atoms with Crippen molar-refractivity contribution in [2.75, 3.05) is 7.11 Å². The van der Waals surface area contributed by atoms with Crippen molar-refractivity contribution in [3.05, 3.63) is 24.3 Å². The van der Waals surface area contributed by atoms with Crippen LogP contribution in [-0.4, -0.2) is 17.2 Å². The van der Waals surface area contributed by atoms with Crippen LogP contribution in [0.1, 0.15) is 0 Å². The lowest BCUT2D eigenvalue weighted by Gasteiger charge is -2.02. The van der Waals surface area contributed by atoms with E-state index in [2.05, 4.69) is 24.8 Å². The lowest BCUT2D eigenvalue weighted by atomic mass is 10.3. The fraction of sp³-hybridized carbons (Fsp3) is 0.111. The molecular formula is C9H9ClO3S2. The summed E-state index contributed by atoms with van der Waals surface area (Å²) in [4.78, 5) is 8.67. The molecule has 0 radical (unpaired) electrons. The maximum Gasteiger partial charge on any atom is 0.260 e. The fourth-order valence-electron chi connectivity index (χ4n) is 0.736. The number of halogens is 1. The van der Waals surface area contributed by atoms with Crippen molar-refractivity contribution in [2.24, 2.45) is 0 Å². The molecule has 6 heteroatoms. The highest BCUT2D eigenvalue weighted by atomic mass is 35.5. The van der Waals surface area contributed by atoms with Crippen LogP contribution in [0.5, 0.6) is 11.5 Å². The van der Waals surface area contributed by atoms with Crippen LogP contribution in [0.4, 0.5) is 0 Å². The van der Waals surface area contributed by atoms with Gasteiger partial charge < -0.3 is 9.47 Å². The van der Waals surface area contributed by atoms with Gasteiger partial charge >= 0.3 is 0 Å². The van der Waals surface area contributed by atoms with E-state index in [-0.39, 0.29) is 4.51 Å². The second-order valence-electron chi connectivity index (χ2n) is 2.12. The van der Waals surface area contributed by atoms with Crippen molar-refractivity contribution in [3.8, 4) is 11.5 Å². The average Bonchev–Trinajstić information content (AvgIpc) is 2.19. The Balaban J connectivity index is 0.000000583. The van der Waals surface area contributed by atoms with Crippen LogP contribution < -0.4 is 9.47 Å². The van der Waals surface area contributed by atoms with Crippen molar-refractivity contribution >= 4 is 46.6 Å². The number of ether oxygens (including phenoxy) is 2. The first-order chi connectivity index (χ1) is 7.13. The summed E-state index contributed by atoms with van der Waals surface area (Å²) in [6.45, 7) is 0. The summed E-state index contributed by atoms with van der Waals surface area (Å²) in [5.74, 6) is 1.37. The van der Waals surface area contributed by atoms with Crippen LogP contribution in [0.3, 0.4) is 0 Å². The minimum Gasteiger partial charge on any atom is -0.497 e. The minimum atomic E-state index is -0.0137. The molecule has 0 fully saturated rings. The van der Waals surface area contributed by atoms with E-state index in [4.69, 9.17) is 25.9 Å². The number of thiocarbonyl (C=S) groups is 1. The van der Waals surface area contributed by atoms with Crippen LogP contribution in [0, 0.1) is 0 Å². The summed E-state index contributed by atoms with van der Waals surface area (Å²) in [6.07, 6.45) is 0. The molecule has 15 heavy (non-hydrogen) atoms. The van der Waals surface area contributed by atoms with E-state index in [1.165, 1.54) is 0 Å². The van der Waals surface area contributed by atoms with Crippen LogP contribution in [0.25, 0.3) is 0 Å². The Morgan fingerprint density at radius 3 is 2.13 bits per heavy atom. The molecule has 3 nitrogen and oxygen atoms in total. The molecule has 0 aliphatic rings. The summed E-state index contributed by atoms with van der Waals surface area (Å²) < 4.78 is 9.89. The molecule has 0 atom stereocenters. The number of hydrogen-bond donors (Lipinski definition) is 1. The first-order valence-corrected chi connectivity index (χ1v) is 5.03. The van der Waals surface area contributed by atoms with Crippen LogP contribution in [0.2, 0.25) is 0 Å². The lowest BCUT2D eigenvalue weighted by Crippen LogP contribution is -1.95. The third kappa shape index (κ3) is 7.18. The molecule has 1 aromatic carbocycles. The SMILES string of the molecule is COc1ccc(OC(=S)Cl)cc1.O=CS. The highest BCUT2D eigenvalue weighted by molar-refractivity contribution is 7.94. The Morgan fingerprint density at radius 1 is 1.40 bits per heavy atom. The van der Waals surface area contributed by atoms with Gasteiger partial charge in [0, 0.05) is 0 Å². The standard InChI is InChI=1S/C8H7ClO2S.CH2OS/c1-10-6-2-4-7(5-3-6)11-8(9)12;2-1-3/h2-5H,1H3;1H,(H,2,3). The smallest absolute Gasteiger partial charge is 0.260 e. The topological polar surface area (TPSA) is 35.5 Å². The first kappa shape index (κ1) is 14.2. The third-order valence-corrected chi connectivity index (χ3v) is 1.42. The fourth-order valence-corrected chi connectivity index (χ4v) is 0.922. The quantitative estimate of drug-likeness (QED) is 0.386. The molecule has 0 unspecified atom stereocenters. The monoisotopic (exact) mass is 264 g/mol. The summed E-state index contributed by atoms with van der Waals surface area (Å²) in [5, 5.41) is 0. The van der Waals surface area contributed by atoms with Gasteiger partial charge in [-0.15, -0.1) is 12.6 Å². The molecule has 0 saturated heterocycles. The van der Waals surface area contributed by atoms with E-state index >= 15 is 0 Å². The molecule has 1 rings (SSSR count). The molecule has 1 aromatic rings. The molecule has 0 aliphatic heterocycles. The van der Waals surface area contributed by atoms with Gasteiger partial charge in [-0.25, -0.2) is 0 Å². The van der Waals surface area contributed by atoms with Crippen LogP contribution in [0.15, 0.2) is 24.3 Å². The average molecular weight is 265 g/mol. The predicted octanol–water partition coefficient (Wildman–Crippen LogP) is 2.70. The second-order valence-corrected chi connectivity index (χ2v) is 3.27. The zero-order valence-corrected chi connectivity index (χ0v) is 10.3. The van der Waals surface area contributed by atoms with Gasteiger partial charge in [0.2, 0.25) is 0 Å². The molecule has 0 heterocycles. The molecular weight excluding hydrogens is 256 g/mol. The van der Waals surface area contributed by atoms with E-state index in [1.54, 1.807) is 31.4 Å². The number of thiol groups is 1. The van der Waals surface area contributed by atoms with Gasteiger partial charge in [0.05, 0.1) is 7.11 Å². The molecule has 0 aliphatic carbocycles. The van der Waals surface area contributed by atoms with Gasteiger partial charge in [0.25, 0.3) is 4.51 Å². The van der Waals surface area contributed by atoms with Gasteiger partial charge in [-0.3, -0.25) is 4.79 Å². The number of methoxy groups -OCH3 is 1. The Bertz CT molecular complexity index is 314. The largest absolute Gasteiger partial charge is 0.497 e. The van der Waals surface area contributed by atoms with Crippen molar-refractivity contribution in [1.29, 1.82) is 0 Å². The number of benzene rings is 1. The predicted molar refractivity (Wildman–Crippen MR) is 67.8 cm³/mol. The minimum absolute atomic E-state index is 0.0137. The van der Waals surface area contributed by atoms with Crippen LogP contribution in [-0.2, 0) is 4.79 Å². The zero-order valence-electron chi connectivity index (χ0n) is 7.84. The molecule has 0 amide bonds. The number of rotatable bonds is 2. The summed E-state index contributed by atoms with van der Waals surface area (Å²) >= 11 is 13.0. The maximum absolute atomic E-state index is 8.67. The number of carbonyl (C=O) groups excluding carboxylic acids is 1. The van der Waals surface area contributed by atoms with Gasteiger partial charge in [0.15, 0.2) is 5.62 Å². The third-order valence-electron chi connectivity index (χ3n) is 1.26. The Kier molecular flexibility index (Phi) is 8.08. The van der Waals surface area contributed by atoms with Crippen molar-refractivity contribution < 1.29 is 14.3 Å². The normalized spacial score (nSPS) is 8.20. The van der Waals surface area contributed by atoms with Gasteiger partial charge in [-0.2, -0.15) is 0 Å². The van der Waals surface area contributed by atoms with E-state index in [0.29, 0.717) is 11.4 Å². The molecule has 0 saturated carbocycles. The van der Waals surface area contributed by atoms with Crippen LogP contribution >= 0.6 is 36.4 Å². The Morgan fingerprint density at radius 2 is 1.80 bits per heavy atom. The highest BCUT2D eigenvalue weighted by Crippen LogP contribution is 2.17. The van der Waals surface area contributed by atoms with Gasteiger partial charge in [-0.05, 0) is 48.1 Å². The molecule has 82 valence electrons. The second kappa shape index (κ2) is 8.52. The Labute approximate surface area is 104 Å². The van der Waals surface area contributed by atoms with Crippen molar-refractivity contribution in [3.63, 3.8) is 0 Å². The van der Waals surface area contributed by atoms with Crippen molar-refractivity contribution in [2.45, 2.75) is 0 Å². The van der Waals surface area contributed by atoms with Crippen molar-refractivity contribution in [1.82, 2.24) is 0 Å². The van der Waals surface area contributed by atoms with E-state index < -0.39 is 0 Å². The van der Waals surface area contributed by atoms with E-state index in [0.717, 1.165) is 5.75 Å². The lowest BCUT2D eigenvalue weighted by molar-refractivity contribution is 0.414. The number of hydrogen-bond acceptors (Lipinski definition) is 4. The maximum atomic E-state index is 8.67. The summed E-state index contributed by atoms with van der Waals surface area (Å²) in [7, 11) is 1.60. The van der Waals surface area contributed by atoms with E-state index in [1.807, 2.05) is 0 Å².